The van der Waals surface area contributed by atoms with Gasteiger partial charge in [-0.15, -0.1) is 0 Å². The van der Waals surface area contributed by atoms with Gasteiger partial charge in [0.25, 0.3) is 0 Å². The summed E-state index contributed by atoms with van der Waals surface area (Å²) in [5.74, 6) is 1.28. The number of aromatic nitrogens is 2. The predicted molar refractivity (Wildman–Crippen MR) is 119 cm³/mol. The van der Waals surface area contributed by atoms with E-state index in [4.69, 9.17) is 16.3 Å². The molecule has 1 N–H and O–H groups in total. The molecule has 1 aromatic heterocycles. The molecule has 0 radical (unpaired) electrons. The van der Waals surface area contributed by atoms with Crippen LogP contribution in [0.1, 0.15) is 12.8 Å². The molecule has 2 heterocycles. The summed E-state index contributed by atoms with van der Waals surface area (Å²) in [6.07, 6.45) is 3.34. The number of halogens is 1. The molecular formula is C23H23ClN4O2. The van der Waals surface area contributed by atoms with Crippen molar-refractivity contribution in [2.45, 2.75) is 12.8 Å². The molecule has 1 aliphatic heterocycles. The lowest BCUT2D eigenvalue weighted by Gasteiger charge is -2.33. The molecule has 6 nitrogen and oxygen atoms in total. The number of nitrogens with one attached hydrogen (secondary N) is 1. The number of benzene rings is 2. The largest absolute Gasteiger partial charge is 0.495 e. The zero-order valence-electron chi connectivity index (χ0n) is 16.7. The van der Waals surface area contributed by atoms with E-state index < -0.39 is 0 Å². The Morgan fingerprint density at radius 3 is 2.77 bits per heavy atom. The summed E-state index contributed by atoms with van der Waals surface area (Å²) in [5.41, 5.74) is 2.58. The van der Waals surface area contributed by atoms with Gasteiger partial charge >= 0.3 is 0 Å². The highest BCUT2D eigenvalue weighted by Gasteiger charge is 2.27. The number of carbonyl (C=O) groups excluding carboxylic acids is 1. The van der Waals surface area contributed by atoms with Gasteiger partial charge in [0.15, 0.2) is 0 Å². The van der Waals surface area contributed by atoms with E-state index in [1.807, 2.05) is 36.4 Å². The van der Waals surface area contributed by atoms with Gasteiger partial charge in [0.1, 0.15) is 17.9 Å². The summed E-state index contributed by atoms with van der Waals surface area (Å²) in [6, 6.07) is 17.2. The Bertz CT molecular complexity index is 1030. The number of hydrogen-bond donors (Lipinski definition) is 1. The van der Waals surface area contributed by atoms with Crippen molar-refractivity contribution in [1.82, 2.24) is 9.97 Å². The number of nitrogens with zero attached hydrogens (tertiary/aromatic N) is 3. The van der Waals surface area contributed by atoms with Crippen LogP contribution in [0.3, 0.4) is 0 Å². The summed E-state index contributed by atoms with van der Waals surface area (Å²) < 4.78 is 5.16. The Labute approximate surface area is 180 Å². The number of ether oxygens (including phenoxy) is 1. The van der Waals surface area contributed by atoms with Crippen LogP contribution in [0.2, 0.25) is 5.02 Å². The smallest absolute Gasteiger partial charge is 0.229 e. The third-order valence-corrected chi connectivity index (χ3v) is 5.55. The lowest BCUT2D eigenvalue weighted by Crippen LogP contribution is -2.41. The lowest BCUT2D eigenvalue weighted by molar-refractivity contribution is -0.120. The molecule has 4 rings (SSSR count). The van der Waals surface area contributed by atoms with Crippen molar-refractivity contribution in [3.8, 4) is 17.0 Å². The van der Waals surface area contributed by atoms with Crippen LogP contribution >= 0.6 is 11.6 Å². The number of methoxy groups -OCH3 is 1. The van der Waals surface area contributed by atoms with E-state index in [0.29, 0.717) is 23.0 Å². The summed E-state index contributed by atoms with van der Waals surface area (Å²) in [5, 5.41) is 3.44. The van der Waals surface area contributed by atoms with Gasteiger partial charge in [0.05, 0.1) is 23.7 Å². The third-order valence-electron chi connectivity index (χ3n) is 5.26. The third kappa shape index (κ3) is 4.54. The monoisotopic (exact) mass is 422 g/mol. The molecule has 1 saturated heterocycles. The van der Waals surface area contributed by atoms with Crippen LogP contribution in [0, 0.1) is 5.92 Å². The normalized spacial score (nSPS) is 16.2. The van der Waals surface area contributed by atoms with Crippen LogP contribution in [0.4, 0.5) is 11.5 Å². The van der Waals surface area contributed by atoms with Gasteiger partial charge in [0.2, 0.25) is 5.91 Å². The zero-order valence-corrected chi connectivity index (χ0v) is 17.5. The van der Waals surface area contributed by atoms with Crippen LogP contribution in [0.15, 0.2) is 60.9 Å². The van der Waals surface area contributed by atoms with Crippen LogP contribution in [0.25, 0.3) is 11.3 Å². The van der Waals surface area contributed by atoms with Crippen molar-refractivity contribution >= 4 is 29.0 Å². The maximum atomic E-state index is 12.9. The summed E-state index contributed by atoms with van der Waals surface area (Å²) in [7, 11) is 1.56. The average molecular weight is 423 g/mol. The molecule has 0 saturated carbocycles. The van der Waals surface area contributed by atoms with Crippen molar-refractivity contribution in [1.29, 1.82) is 0 Å². The Hall–Kier alpha value is -3.12. The van der Waals surface area contributed by atoms with E-state index in [0.717, 1.165) is 36.5 Å². The topological polar surface area (TPSA) is 67.3 Å². The van der Waals surface area contributed by atoms with Crippen molar-refractivity contribution < 1.29 is 9.53 Å². The Balaban J connectivity index is 1.45. The van der Waals surface area contributed by atoms with Gasteiger partial charge in [-0.05, 0) is 31.0 Å². The molecule has 30 heavy (non-hydrogen) atoms. The number of carbonyl (C=O) groups is 1. The fourth-order valence-electron chi connectivity index (χ4n) is 3.67. The second-order valence-corrected chi connectivity index (χ2v) is 7.66. The van der Waals surface area contributed by atoms with Crippen molar-refractivity contribution in [3.63, 3.8) is 0 Å². The lowest BCUT2D eigenvalue weighted by atomic mass is 9.97. The van der Waals surface area contributed by atoms with Crippen LogP contribution < -0.4 is 15.0 Å². The summed E-state index contributed by atoms with van der Waals surface area (Å²) in [6.45, 7) is 1.48. The zero-order chi connectivity index (χ0) is 20.9. The highest BCUT2D eigenvalue weighted by atomic mass is 35.5. The second-order valence-electron chi connectivity index (χ2n) is 7.25. The fourth-order valence-corrected chi connectivity index (χ4v) is 3.93. The van der Waals surface area contributed by atoms with Gasteiger partial charge in [-0.3, -0.25) is 4.79 Å². The average Bonchev–Trinajstić information content (AvgIpc) is 2.80. The Morgan fingerprint density at radius 2 is 2.00 bits per heavy atom. The number of anilines is 2. The first-order valence-corrected chi connectivity index (χ1v) is 10.3. The molecule has 1 fully saturated rings. The number of rotatable bonds is 5. The molecule has 0 bridgehead atoms. The first-order valence-electron chi connectivity index (χ1n) is 9.91. The summed E-state index contributed by atoms with van der Waals surface area (Å²) in [4.78, 5) is 23.9. The Kier molecular flexibility index (Phi) is 6.14. The van der Waals surface area contributed by atoms with Crippen molar-refractivity contribution in [2.75, 3.05) is 30.4 Å². The van der Waals surface area contributed by atoms with Crippen molar-refractivity contribution in [2.24, 2.45) is 5.92 Å². The van der Waals surface area contributed by atoms with Gasteiger partial charge in [-0.25, -0.2) is 9.97 Å². The number of amides is 1. The van der Waals surface area contributed by atoms with Gasteiger partial charge in [0, 0.05) is 30.4 Å². The van der Waals surface area contributed by atoms with Crippen molar-refractivity contribution in [3.05, 3.63) is 65.9 Å². The molecule has 1 unspecified atom stereocenters. The first-order chi connectivity index (χ1) is 14.6. The molecule has 2 aromatic carbocycles. The van der Waals surface area contributed by atoms with E-state index in [9.17, 15) is 4.79 Å². The van der Waals surface area contributed by atoms with Crippen LogP contribution in [-0.2, 0) is 4.79 Å². The van der Waals surface area contributed by atoms with E-state index >= 15 is 0 Å². The first kappa shape index (κ1) is 20.2. The highest BCUT2D eigenvalue weighted by molar-refractivity contribution is 6.32. The molecular weight excluding hydrogens is 400 g/mol. The Morgan fingerprint density at radius 1 is 1.17 bits per heavy atom. The van der Waals surface area contributed by atoms with E-state index in [1.165, 1.54) is 0 Å². The van der Waals surface area contributed by atoms with E-state index in [-0.39, 0.29) is 11.8 Å². The van der Waals surface area contributed by atoms with E-state index in [1.54, 1.807) is 31.6 Å². The summed E-state index contributed by atoms with van der Waals surface area (Å²) >= 11 is 6.17. The van der Waals surface area contributed by atoms with Gasteiger partial charge < -0.3 is 15.0 Å². The number of piperidine rings is 1. The molecule has 1 aliphatic rings. The standard InChI is InChI=1S/C23H23ClN4O2/c1-30-21-10-9-18(12-19(21)24)27-23(29)17-8-5-11-28(14-17)22-13-20(25-15-26-22)16-6-3-2-4-7-16/h2-4,6-7,9-10,12-13,15,17H,5,8,11,14H2,1H3,(H,27,29). The molecule has 1 atom stereocenters. The highest BCUT2D eigenvalue weighted by Crippen LogP contribution is 2.29. The van der Waals surface area contributed by atoms with Crippen LogP contribution in [-0.4, -0.2) is 36.1 Å². The number of hydrogen-bond acceptors (Lipinski definition) is 5. The predicted octanol–water partition coefficient (Wildman–Crippen LogP) is 4.66. The fraction of sp³-hybridized carbons (Fsp3) is 0.261. The molecule has 3 aromatic rings. The van der Waals surface area contributed by atoms with Gasteiger partial charge in [-0.1, -0.05) is 41.9 Å². The maximum Gasteiger partial charge on any atom is 0.229 e. The molecule has 7 heteroatoms. The quantitative estimate of drug-likeness (QED) is 0.647. The van der Waals surface area contributed by atoms with E-state index in [2.05, 4.69) is 20.2 Å². The van der Waals surface area contributed by atoms with Crippen LogP contribution in [0.5, 0.6) is 5.75 Å². The second kappa shape index (κ2) is 9.13. The minimum atomic E-state index is -0.130. The molecule has 0 spiro atoms. The minimum Gasteiger partial charge on any atom is -0.495 e. The molecule has 154 valence electrons. The molecule has 1 amide bonds. The van der Waals surface area contributed by atoms with Gasteiger partial charge in [-0.2, -0.15) is 0 Å². The minimum absolute atomic E-state index is 0.0155. The molecule has 0 aliphatic carbocycles. The maximum absolute atomic E-state index is 12.9. The SMILES string of the molecule is COc1ccc(NC(=O)C2CCCN(c3cc(-c4ccccc4)ncn3)C2)cc1Cl.